The highest BCUT2D eigenvalue weighted by molar-refractivity contribution is 5.62. The summed E-state index contributed by atoms with van der Waals surface area (Å²) in [4.78, 5) is 8.09. The van der Waals surface area contributed by atoms with Crippen molar-refractivity contribution >= 4 is 0 Å². The molecule has 1 aliphatic rings. The van der Waals surface area contributed by atoms with E-state index in [9.17, 15) is 0 Å². The third-order valence-corrected chi connectivity index (χ3v) is 3.68. The van der Waals surface area contributed by atoms with Crippen LogP contribution in [-0.4, -0.2) is 16.5 Å². The Bertz CT molecular complexity index is 550. The maximum absolute atomic E-state index is 4.71. The number of aromatic amines is 1. The van der Waals surface area contributed by atoms with Crippen LogP contribution in [0.1, 0.15) is 29.9 Å². The van der Waals surface area contributed by atoms with Gasteiger partial charge in [0.2, 0.25) is 0 Å². The van der Waals surface area contributed by atoms with Gasteiger partial charge in [-0.1, -0.05) is 29.8 Å². The van der Waals surface area contributed by atoms with E-state index in [2.05, 4.69) is 48.4 Å². The van der Waals surface area contributed by atoms with Crippen LogP contribution in [0.25, 0.3) is 11.3 Å². The van der Waals surface area contributed by atoms with Gasteiger partial charge < -0.3 is 10.3 Å². The lowest BCUT2D eigenvalue weighted by Gasteiger charge is -2.00. The van der Waals surface area contributed by atoms with Crippen molar-refractivity contribution in [3.8, 4) is 11.3 Å². The molecular formula is C16H21N3. The van der Waals surface area contributed by atoms with E-state index >= 15 is 0 Å². The van der Waals surface area contributed by atoms with Crippen LogP contribution in [0.3, 0.4) is 0 Å². The average molecular weight is 255 g/mol. The Morgan fingerprint density at radius 3 is 2.63 bits per heavy atom. The number of nitrogens with one attached hydrogen (secondary N) is 2. The van der Waals surface area contributed by atoms with Crippen LogP contribution in [0.15, 0.2) is 24.3 Å². The van der Waals surface area contributed by atoms with Gasteiger partial charge in [-0.05, 0) is 39.2 Å². The summed E-state index contributed by atoms with van der Waals surface area (Å²) in [5, 5.41) is 3.47. The molecule has 0 atom stereocenters. The molecule has 0 unspecified atom stereocenters. The first kappa shape index (κ1) is 12.4. The Morgan fingerprint density at radius 1 is 1.21 bits per heavy atom. The Labute approximate surface area is 114 Å². The first-order chi connectivity index (χ1) is 9.22. The molecule has 0 amide bonds. The van der Waals surface area contributed by atoms with Crippen molar-refractivity contribution in [3.63, 3.8) is 0 Å². The number of rotatable bonds is 5. The number of benzene rings is 1. The van der Waals surface area contributed by atoms with Gasteiger partial charge in [0, 0.05) is 11.3 Å². The summed E-state index contributed by atoms with van der Waals surface area (Å²) < 4.78 is 0. The number of hydrogen-bond acceptors (Lipinski definition) is 2. The molecule has 2 aromatic rings. The molecule has 1 heterocycles. The fourth-order valence-electron chi connectivity index (χ4n) is 2.32. The molecule has 0 aliphatic heterocycles. The minimum Gasteiger partial charge on any atom is -0.344 e. The zero-order valence-electron chi connectivity index (χ0n) is 11.7. The lowest BCUT2D eigenvalue weighted by molar-refractivity contribution is 0.623. The largest absolute Gasteiger partial charge is 0.344 e. The van der Waals surface area contributed by atoms with Crippen LogP contribution in [-0.2, 0) is 6.54 Å². The maximum atomic E-state index is 4.71. The Hall–Kier alpha value is -1.61. The number of aryl methyl sites for hydroxylation is 2. The summed E-state index contributed by atoms with van der Waals surface area (Å²) in [5.74, 6) is 1.95. The summed E-state index contributed by atoms with van der Waals surface area (Å²) in [7, 11) is 0. The zero-order valence-corrected chi connectivity index (χ0v) is 11.7. The van der Waals surface area contributed by atoms with E-state index in [0.29, 0.717) is 0 Å². The van der Waals surface area contributed by atoms with Crippen LogP contribution in [0.4, 0.5) is 0 Å². The van der Waals surface area contributed by atoms with Gasteiger partial charge in [-0.25, -0.2) is 4.98 Å². The topological polar surface area (TPSA) is 40.7 Å². The first-order valence-electron chi connectivity index (χ1n) is 7.05. The van der Waals surface area contributed by atoms with Gasteiger partial charge >= 0.3 is 0 Å². The SMILES string of the molecule is Cc1ccc(-c2nc(CNCC3CC3)[nH]c2C)cc1. The van der Waals surface area contributed by atoms with Crippen molar-refractivity contribution < 1.29 is 0 Å². The van der Waals surface area contributed by atoms with Gasteiger partial charge in [-0.15, -0.1) is 0 Å². The van der Waals surface area contributed by atoms with Crippen LogP contribution in [0.5, 0.6) is 0 Å². The molecule has 1 aromatic heterocycles. The van der Waals surface area contributed by atoms with Crippen LogP contribution in [0.2, 0.25) is 0 Å². The van der Waals surface area contributed by atoms with E-state index in [-0.39, 0.29) is 0 Å². The lowest BCUT2D eigenvalue weighted by Crippen LogP contribution is -2.16. The molecule has 3 rings (SSSR count). The minimum atomic E-state index is 0.837. The zero-order chi connectivity index (χ0) is 13.2. The molecule has 0 bridgehead atoms. The minimum absolute atomic E-state index is 0.837. The third kappa shape index (κ3) is 3.04. The molecule has 1 fully saturated rings. The van der Waals surface area contributed by atoms with Gasteiger partial charge in [-0.2, -0.15) is 0 Å². The predicted molar refractivity (Wildman–Crippen MR) is 77.9 cm³/mol. The van der Waals surface area contributed by atoms with Crippen molar-refractivity contribution in [3.05, 3.63) is 41.3 Å². The van der Waals surface area contributed by atoms with E-state index in [1.54, 1.807) is 0 Å². The van der Waals surface area contributed by atoms with Crippen LogP contribution >= 0.6 is 0 Å². The van der Waals surface area contributed by atoms with E-state index in [1.807, 2.05) is 0 Å². The second-order valence-electron chi connectivity index (χ2n) is 5.60. The maximum Gasteiger partial charge on any atom is 0.121 e. The monoisotopic (exact) mass is 255 g/mol. The quantitative estimate of drug-likeness (QED) is 0.861. The molecule has 1 saturated carbocycles. The molecule has 1 aliphatic carbocycles. The van der Waals surface area contributed by atoms with Gasteiger partial charge in [0.05, 0.1) is 12.2 Å². The molecule has 1 aromatic carbocycles. The van der Waals surface area contributed by atoms with E-state index in [0.717, 1.165) is 36.2 Å². The van der Waals surface area contributed by atoms with Crippen molar-refractivity contribution in [1.29, 1.82) is 0 Å². The Balaban J connectivity index is 1.70. The second kappa shape index (κ2) is 5.17. The smallest absolute Gasteiger partial charge is 0.121 e. The number of aromatic nitrogens is 2. The number of nitrogens with zero attached hydrogens (tertiary/aromatic N) is 1. The molecule has 0 radical (unpaired) electrons. The normalized spacial score (nSPS) is 14.8. The van der Waals surface area contributed by atoms with Gasteiger partial charge in [0.15, 0.2) is 0 Å². The molecule has 2 N–H and O–H groups in total. The highest BCUT2D eigenvalue weighted by Crippen LogP contribution is 2.27. The van der Waals surface area contributed by atoms with Crippen molar-refractivity contribution in [2.24, 2.45) is 5.92 Å². The average Bonchev–Trinajstić information content (AvgIpc) is 3.14. The highest BCUT2D eigenvalue weighted by atomic mass is 15.0. The van der Waals surface area contributed by atoms with E-state index in [4.69, 9.17) is 4.98 Å². The van der Waals surface area contributed by atoms with Gasteiger partial charge in [-0.3, -0.25) is 0 Å². The number of imidazole rings is 1. The summed E-state index contributed by atoms with van der Waals surface area (Å²) in [6.07, 6.45) is 2.78. The summed E-state index contributed by atoms with van der Waals surface area (Å²) in [5.41, 5.74) is 4.69. The van der Waals surface area contributed by atoms with Gasteiger partial charge in [0.25, 0.3) is 0 Å². The van der Waals surface area contributed by atoms with Crippen LogP contribution in [0, 0.1) is 19.8 Å². The third-order valence-electron chi connectivity index (χ3n) is 3.68. The number of hydrogen-bond donors (Lipinski definition) is 2. The van der Waals surface area contributed by atoms with Crippen molar-refractivity contribution in [2.75, 3.05) is 6.54 Å². The molecule has 100 valence electrons. The molecule has 0 saturated heterocycles. The molecular weight excluding hydrogens is 234 g/mol. The molecule has 0 spiro atoms. The van der Waals surface area contributed by atoms with Crippen molar-refractivity contribution in [1.82, 2.24) is 15.3 Å². The predicted octanol–water partition coefficient (Wildman–Crippen LogP) is 3.19. The van der Waals surface area contributed by atoms with Crippen molar-refractivity contribution in [2.45, 2.75) is 33.2 Å². The van der Waals surface area contributed by atoms with Crippen LogP contribution < -0.4 is 5.32 Å². The molecule has 19 heavy (non-hydrogen) atoms. The fourth-order valence-corrected chi connectivity index (χ4v) is 2.32. The summed E-state index contributed by atoms with van der Waals surface area (Å²) in [6, 6.07) is 8.54. The Kier molecular flexibility index (Phi) is 3.38. The van der Waals surface area contributed by atoms with Gasteiger partial charge in [0.1, 0.15) is 5.82 Å². The molecule has 3 heteroatoms. The van der Waals surface area contributed by atoms with E-state index in [1.165, 1.54) is 24.0 Å². The summed E-state index contributed by atoms with van der Waals surface area (Å²) in [6.45, 7) is 6.16. The lowest BCUT2D eigenvalue weighted by atomic mass is 10.1. The molecule has 3 nitrogen and oxygen atoms in total. The Morgan fingerprint density at radius 2 is 1.95 bits per heavy atom. The summed E-state index contributed by atoms with van der Waals surface area (Å²) >= 11 is 0. The second-order valence-corrected chi connectivity index (χ2v) is 5.60. The standard InChI is InChI=1S/C16H21N3/c1-11-3-7-14(8-4-11)16-12(2)18-15(19-16)10-17-9-13-5-6-13/h3-4,7-8,13,17H,5-6,9-10H2,1-2H3,(H,18,19). The van der Waals surface area contributed by atoms with E-state index < -0.39 is 0 Å². The highest BCUT2D eigenvalue weighted by Gasteiger charge is 2.20. The fraction of sp³-hybridized carbons (Fsp3) is 0.438. The number of H-pyrrole nitrogens is 1. The first-order valence-corrected chi connectivity index (χ1v) is 7.05.